The number of nitrogens with zero attached hydrogens (tertiary/aromatic N) is 3. The van der Waals surface area contributed by atoms with Gasteiger partial charge in [-0.2, -0.15) is 5.10 Å². The lowest BCUT2D eigenvalue weighted by molar-refractivity contribution is -0.122. The van der Waals surface area contributed by atoms with Gasteiger partial charge in [0.05, 0.1) is 17.7 Å². The van der Waals surface area contributed by atoms with Crippen molar-refractivity contribution in [1.29, 1.82) is 0 Å². The zero-order valence-corrected chi connectivity index (χ0v) is 21.1. The van der Waals surface area contributed by atoms with Crippen LogP contribution in [-0.4, -0.2) is 51.8 Å². The van der Waals surface area contributed by atoms with E-state index in [1.165, 1.54) is 11.8 Å². The van der Waals surface area contributed by atoms with E-state index in [2.05, 4.69) is 0 Å². The molecule has 176 valence electrons. The van der Waals surface area contributed by atoms with Crippen molar-refractivity contribution >= 4 is 40.3 Å². The van der Waals surface area contributed by atoms with Crippen LogP contribution in [0.4, 0.5) is 0 Å². The molecule has 0 radical (unpaired) electrons. The van der Waals surface area contributed by atoms with Gasteiger partial charge in [0.1, 0.15) is 15.8 Å². The van der Waals surface area contributed by atoms with Crippen LogP contribution >= 0.6 is 24.0 Å². The molecule has 6 nitrogen and oxygen atoms in total. The van der Waals surface area contributed by atoms with Gasteiger partial charge in [0.2, 0.25) is 0 Å². The average Bonchev–Trinajstić information content (AvgIpc) is 3.38. The summed E-state index contributed by atoms with van der Waals surface area (Å²) >= 11 is 6.82. The number of thiocarbonyl (C=S) groups is 1. The van der Waals surface area contributed by atoms with Gasteiger partial charge in [0.15, 0.2) is 0 Å². The van der Waals surface area contributed by atoms with Crippen molar-refractivity contribution in [2.45, 2.75) is 20.3 Å². The van der Waals surface area contributed by atoms with Crippen molar-refractivity contribution in [3.63, 3.8) is 0 Å². The molecule has 1 aliphatic rings. The molecule has 0 N–H and O–H groups in total. The molecule has 2 heterocycles. The Morgan fingerprint density at radius 2 is 1.97 bits per heavy atom. The number of para-hydroxylation sites is 1. The Morgan fingerprint density at radius 3 is 2.68 bits per heavy atom. The largest absolute Gasteiger partial charge is 0.496 e. The molecule has 0 atom stereocenters. The Kier molecular flexibility index (Phi) is 7.82. The molecule has 0 unspecified atom stereocenters. The standard InChI is InChI=1S/C26H27N3O3S2/c1-4-32-14-8-13-28-25(30)23(34-26(28)33)16-20-17-29(21-9-6-5-7-10-21)27-24(20)19-11-12-22(31-3)18(2)15-19/h5-7,9-12,15-17H,4,8,13-14H2,1-3H3/b23-16-. The number of benzene rings is 2. The molecule has 0 aliphatic carbocycles. The lowest BCUT2D eigenvalue weighted by Gasteiger charge is -2.13. The van der Waals surface area contributed by atoms with Crippen LogP contribution in [-0.2, 0) is 9.53 Å². The maximum atomic E-state index is 13.1. The topological polar surface area (TPSA) is 56.6 Å². The molecule has 1 saturated heterocycles. The summed E-state index contributed by atoms with van der Waals surface area (Å²) in [6, 6.07) is 15.9. The van der Waals surface area contributed by atoms with Crippen LogP contribution in [0, 0.1) is 6.92 Å². The highest BCUT2D eigenvalue weighted by Gasteiger charge is 2.32. The third-order valence-corrected chi connectivity index (χ3v) is 6.84. The zero-order chi connectivity index (χ0) is 24.1. The first-order valence-electron chi connectivity index (χ1n) is 11.1. The first kappa shape index (κ1) is 24.2. The second-order valence-corrected chi connectivity index (χ2v) is 9.46. The SMILES string of the molecule is CCOCCCN1C(=O)/C(=C/c2cn(-c3ccccc3)nc2-c2ccc(OC)c(C)c2)SC1=S. The predicted octanol–water partition coefficient (Wildman–Crippen LogP) is 5.48. The Labute approximate surface area is 209 Å². The van der Waals surface area contributed by atoms with Gasteiger partial charge in [-0.05, 0) is 62.2 Å². The Bertz CT molecular complexity index is 1220. The van der Waals surface area contributed by atoms with Crippen LogP contribution < -0.4 is 4.74 Å². The normalized spacial score (nSPS) is 14.9. The molecular weight excluding hydrogens is 466 g/mol. The van der Waals surface area contributed by atoms with Gasteiger partial charge in [-0.15, -0.1) is 0 Å². The number of rotatable bonds is 9. The smallest absolute Gasteiger partial charge is 0.266 e. The second kappa shape index (κ2) is 11.0. The number of amides is 1. The fourth-order valence-electron chi connectivity index (χ4n) is 3.76. The summed E-state index contributed by atoms with van der Waals surface area (Å²) in [5, 5.41) is 4.87. The van der Waals surface area contributed by atoms with Crippen LogP contribution in [0.25, 0.3) is 23.0 Å². The number of aryl methyl sites for hydroxylation is 1. The zero-order valence-electron chi connectivity index (χ0n) is 19.5. The van der Waals surface area contributed by atoms with E-state index in [-0.39, 0.29) is 5.91 Å². The van der Waals surface area contributed by atoms with Crippen LogP contribution in [0.15, 0.2) is 59.6 Å². The van der Waals surface area contributed by atoms with Crippen molar-refractivity contribution < 1.29 is 14.3 Å². The fourth-order valence-corrected chi connectivity index (χ4v) is 5.06. The Hall–Kier alpha value is -2.94. The van der Waals surface area contributed by atoms with Gasteiger partial charge >= 0.3 is 0 Å². The van der Waals surface area contributed by atoms with Crippen LogP contribution in [0.2, 0.25) is 0 Å². The number of hydrogen-bond donors (Lipinski definition) is 0. The van der Waals surface area contributed by atoms with Crippen LogP contribution in [0.5, 0.6) is 5.75 Å². The number of carbonyl (C=O) groups excluding carboxylic acids is 1. The molecule has 1 aliphatic heterocycles. The number of thioether (sulfide) groups is 1. The number of ether oxygens (including phenoxy) is 2. The molecule has 2 aromatic carbocycles. The number of hydrogen-bond acceptors (Lipinski definition) is 6. The van der Waals surface area contributed by atoms with E-state index in [0.717, 1.165) is 40.2 Å². The summed E-state index contributed by atoms with van der Waals surface area (Å²) in [4.78, 5) is 15.4. The first-order chi connectivity index (χ1) is 16.5. The minimum absolute atomic E-state index is 0.0733. The van der Waals surface area contributed by atoms with Gasteiger partial charge in [0, 0.05) is 37.1 Å². The molecule has 4 rings (SSSR count). The monoisotopic (exact) mass is 493 g/mol. The molecule has 1 amide bonds. The Morgan fingerprint density at radius 1 is 1.18 bits per heavy atom. The summed E-state index contributed by atoms with van der Waals surface area (Å²) in [6.45, 7) is 5.79. The minimum Gasteiger partial charge on any atom is -0.496 e. The Balaban J connectivity index is 1.70. The van der Waals surface area contributed by atoms with Gasteiger partial charge in [-0.25, -0.2) is 4.68 Å². The molecule has 8 heteroatoms. The van der Waals surface area contributed by atoms with E-state index >= 15 is 0 Å². The fraction of sp³-hybridized carbons (Fsp3) is 0.269. The van der Waals surface area contributed by atoms with Crippen molar-refractivity contribution in [2.75, 3.05) is 26.9 Å². The van der Waals surface area contributed by atoms with Crippen molar-refractivity contribution in [3.05, 3.63) is 70.8 Å². The third-order valence-electron chi connectivity index (χ3n) is 5.47. The van der Waals surface area contributed by atoms with Gasteiger partial charge in [-0.1, -0.05) is 42.2 Å². The van der Waals surface area contributed by atoms with Gasteiger partial charge < -0.3 is 9.47 Å². The molecule has 0 bridgehead atoms. The minimum atomic E-state index is -0.0733. The van der Waals surface area contributed by atoms with Crippen molar-refractivity contribution in [2.24, 2.45) is 0 Å². The molecule has 0 saturated carbocycles. The molecule has 34 heavy (non-hydrogen) atoms. The van der Waals surface area contributed by atoms with Gasteiger partial charge in [-0.3, -0.25) is 9.69 Å². The maximum Gasteiger partial charge on any atom is 0.266 e. The molecule has 1 fully saturated rings. The van der Waals surface area contributed by atoms with Crippen LogP contribution in [0.3, 0.4) is 0 Å². The number of carbonyl (C=O) groups is 1. The quantitative estimate of drug-likeness (QED) is 0.223. The number of aromatic nitrogens is 2. The summed E-state index contributed by atoms with van der Waals surface area (Å²) in [7, 11) is 1.66. The van der Waals surface area contributed by atoms with E-state index in [0.29, 0.717) is 29.0 Å². The summed E-state index contributed by atoms with van der Waals surface area (Å²) in [6.07, 6.45) is 4.59. The van der Waals surface area contributed by atoms with Crippen molar-refractivity contribution in [3.8, 4) is 22.7 Å². The average molecular weight is 494 g/mol. The highest BCUT2D eigenvalue weighted by atomic mass is 32.2. The highest BCUT2D eigenvalue weighted by Crippen LogP contribution is 2.35. The summed E-state index contributed by atoms with van der Waals surface area (Å²) in [5.41, 5.74) is 4.55. The molecule has 3 aromatic rings. The van der Waals surface area contributed by atoms with Crippen molar-refractivity contribution in [1.82, 2.24) is 14.7 Å². The van der Waals surface area contributed by atoms with E-state index in [1.54, 1.807) is 12.0 Å². The van der Waals surface area contributed by atoms with E-state index in [1.807, 2.05) is 79.3 Å². The predicted molar refractivity (Wildman–Crippen MR) is 141 cm³/mol. The highest BCUT2D eigenvalue weighted by molar-refractivity contribution is 8.26. The number of methoxy groups -OCH3 is 1. The van der Waals surface area contributed by atoms with E-state index < -0.39 is 0 Å². The first-order valence-corrected chi connectivity index (χ1v) is 12.4. The lowest BCUT2D eigenvalue weighted by atomic mass is 10.0. The maximum absolute atomic E-state index is 13.1. The lowest BCUT2D eigenvalue weighted by Crippen LogP contribution is -2.29. The summed E-state index contributed by atoms with van der Waals surface area (Å²) < 4.78 is 13.2. The second-order valence-electron chi connectivity index (χ2n) is 7.78. The van der Waals surface area contributed by atoms with E-state index in [4.69, 9.17) is 26.8 Å². The summed E-state index contributed by atoms with van der Waals surface area (Å²) in [5.74, 6) is 0.747. The van der Waals surface area contributed by atoms with E-state index in [9.17, 15) is 4.79 Å². The third kappa shape index (κ3) is 5.24. The molecular formula is C26H27N3O3S2. The molecule has 0 spiro atoms. The van der Waals surface area contributed by atoms with Crippen LogP contribution in [0.1, 0.15) is 24.5 Å². The molecule has 1 aromatic heterocycles. The van der Waals surface area contributed by atoms with Gasteiger partial charge in [0.25, 0.3) is 5.91 Å².